The number of anilines is 1. The maximum atomic E-state index is 6.17. The molecule has 1 aliphatic rings. The first kappa shape index (κ1) is 12.6. The van der Waals surface area contributed by atoms with E-state index in [1.54, 1.807) is 12.5 Å². The van der Waals surface area contributed by atoms with E-state index in [0.29, 0.717) is 11.1 Å². The predicted molar refractivity (Wildman–Crippen MR) is 70.6 cm³/mol. The second-order valence-electron chi connectivity index (χ2n) is 4.43. The molecule has 0 bridgehead atoms. The van der Waals surface area contributed by atoms with Crippen molar-refractivity contribution in [2.45, 2.75) is 31.7 Å². The highest BCUT2D eigenvalue weighted by Crippen LogP contribution is 2.29. The summed E-state index contributed by atoms with van der Waals surface area (Å²) in [5.74, 6) is 0.891. The summed E-state index contributed by atoms with van der Waals surface area (Å²) in [7, 11) is 1.99. The largest absolute Gasteiger partial charge is 0.352 e. The van der Waals surface area contributed by atoms with Gasteiger partial charge in [-0.05, 0) is 39.3 Å². The minimum absolute atomic E-state index is 0.545. The fourth-order valence-electron chi connectivity index (χ4n) is 2.41. The van der Waals surface area contributed by atoms with Gasteiger partial charge >= 0.3 is 0 Å². The van der Waals surface area contributed by atoms with Crippen LogP contribution in [0, 0.1) is 0 Å². The molecule has 0 spiro atoms. The Labute approximate surface area is 107 Å². The second-order valence-corrected chi connectivity index (χ2v) is 4.84. The number of piperidine rings is 1. The Morgan fingerprint density at radius 3 is 3.18 bits per heavy atom. The van der Waals surface area contributed by atoms with Gasteiger partial charge in [0.05, 0.1) is 6.20 Å². The Balaban J connectivity index is 2.13. The molecule has 0 aromatic carbocycles. The molecule has 94 valence electrons. The zero-order chi connectivity index (χ0) is 12.1. The Kier molecular flexibility index (Phi) is 4.57. The van der Waals surface area contributed by atoms with Crippen LogP contribution in [0.15, 0.2) is 12.5 Å². The maximum Gasteiger partial charge on any atom is 0.151 e. The number of hydrogen-bond donors (Lipinski definition) is 1. The molecule has 1 N–H and O–H groups in total. The van der Waals surface area contributed by atoms with E-state index in [1.165, 1.54) is 19.3 Å². The van der Waals surface area contributed by atoms with Crippen LogP contribution in [0.25, 0.3) is 0 Å². The van der Waals surface area contributed by atoms with Gasteiger partial charge in [-0.15, -0.1) is 0 Å². The van der Waals surface area contributed by atoms with Crippen molar-refractivity contribution in [3.8, 4) is 0 Å². The lowest BCUT2D eigenvalue weighted by Gasteiger charge is -2.37. The van der Waals surface area contributed by atoms with Crippen LogP contribution < -0.4 is 10.2 Å². The number of rotatable bonds is 4. The van der Waals surface area contributed by atoms with Crippen LogP contribution in [0.5, 0.6) is 0 Å². The van der Waals surface area contributed by atoms with E-state index in [1.807, 2.05) is 7.05 Å². The molecule has 1 aromatic heterocycles. The minimum atomic E-state index is 0.545. The third-order valence-corrected chi connectivity index (χ3v) is 3.54. The first-order valence-electron chi connectivity index (χ1n) is 6.19. The highest BCUT2D eigenvalue weighted by molar-refractivity contribution is 6.32. The van der Waals surface area contributed by atoms with Crippen LogP contribution >= 0.6 is 11.6 Å². The van der Waals surface area contributed by atoms with Crippen molar-refractivity contribution < 1.29 is 0 Å². The number of nitrogens with one attached hydrogen (secondary N) is 1. The summed E-state index contributed by atoms with van der Waals surface area (Å²) in [5, 5.41) is 3.87. The van der Waals surface area contributed by atoms with E-state index in [4.69, 9.17) is 11.6 Å². The third kappa shape index (κ3) is 3.07. The number of halogens is 1. The molecule has 2 heterocycles. The monoisotopic (exact) mass is 254 g/mol. The summed E-state index contributed by atoms with van der Waals surface area (Å²) < 4.78 is 0. The molecule has 1 atom stereocenters. The van der Waals surface area contributed by atoms with Gasteiger partial charge in [-0.1, -0.05) is 11.6 Å². The number of nitrogens with zero attached hydrogens (tertiary/aromatic N) is 3. The molecule has 1 saturated heterocycles. The summed E-state index contributed by atoms with van der Waals surface area (Å²) in [6.45, 7) is 2.08. The van der Waals surface area contributed by atoms with Crippen molar-refractivity contribution in [3.63, 3.8) is 0 Å². The first-order chi connectivity index (χ1) is 8.33. The summed E-state index contributed by atoms with van der Waals surface area (Å²) in [6, 6.07) is 0.545. The van der Waals surface area contributed by atoms with Crippen molar-refractivity contribution in [2.75, 3.05) is 25.0 Å². The Bertz CT molecular complexity index is 358. The Hall–Kier alpha value is -0.870. The van der Waals surface area contributed by atoms with E-state index < -0.39 is 0 Å². The van der Waals surface area contributed by atoms with Crippen LogP contribution in [0.4, 0.5) is 5.82 Å². The van der Waals surface area contributed by atoms with Crippen molar-refractivity contribution in [3.05, 3.63) is 17.5 Å². The fourth-order valence-corrected chi connectivity index (χ4v) is 2.62. The van der Waals surface area contributed by atoms with Gasteiger partial charge in [0.1, 0.15) is 11.3 Å². The van der Waals surface area contributed by atoms with Gasteiger partial charge in [-0.25, -0.2) is 9.97 Å². The summed E-state index contributed by atoms with van der Waals surface area (Å²) in [5.41, 5.74) is 0. The van der Waals surface area contributed by atoms with Crippen LogP contribution in [0.3, 0.4) is 0 Å². The van der Waals surface area contributed by atoms with Gasteiger partial charge in [0.15, 0.2) is 5.82 Å². The summed E-state index contributed by atoms with van der Waals surface area (Å²) in [4.78, 5) is 10.6. The summed E-state index contributed by atoms with van der Waals surface area (Å²) >= 11 is 6.17. The molecular weight excluding hydrogens is 236 g/mol. The van der Waals surface area contributed by atoms with Crippen molar-refractivity contribution in [1.82, 2.24) is 15.3 Å². The first-order valence-corrected chi connectivity index (χ1v) is 6.57. The number of aromatic nitrogens is 2. The van der Waals surface area contributed by atoms with Crippen LogP contribution in [-0.2, 0) is 0 Å². The standard InChI is InChI=1S/C12H19ClN4/c1-14-6-5-10-4-2-3-7-17(10)12-11(13)8-15-9-16-12/h8-10,14H,2-7H2,1H3. The van der Waals surface area contributed by atoms with Crippen LogP contribution in [0.1, 0.15) is 25.7 Å². The van der Waals surface area contributed by atoms with Gasteiger partial charge in [0, 0.05) is 12.6 Å². The van der Waals surface area contributed by atoms with Gasteiger partial charge in [0.2, 0.25) is 0 Å². The molecule has 0 aliphatic carbocycles. The van der Waals surface area contributed by atoms with Crippen molar-refractivity contribution in [2.24, 2.45) is 0 Å². The molecule has 4 nitrogen and oxygen atoms in total. The lowest BCUT2D eigenvalue weighted by molar-refractivity contribution is 0.430. The van der Waals surface area contributed by atoms with Crippen molar-refractivity contribution >= 4 is 17.4 Å². The average Bonchev–Trinajstić information content (AvgIpc) is 2.37. The van der Waals surface area contributed by atoms with E-state index in [0.717, 1.165) is 25.3 Å². The van der Waals surface area contributed by atoms with E-state index >= 15 is 0 Å². The predicted octanol–water partition coefficient (Wildman–Crippen LogP) is 2.10. The van der Waals surface area contributed by atoms with Gasteiger partial charge in [-0.2, -0.15) is 0 Å². The lowest BCUT2D eigenvalue weighted by atomic mass is 9.99. The van der Waals surface area contributed by atoms with Gasteiger partial charge < -0.3 is 10.2 Å². The van der Waals surface area contributed by atoms with Crippen LogP contribution in [-0.4, -0.2) is 36.1 Å². The molecule has 1 unspecified atom stereocenters. The molecule has 17 heavy (non-hydrogen) atoms. The summed E-state index contributed by atoms with van der Waals surface area (Å²) in [6.07, 6.45) is 8.13. The Morgan fingerprint density at radius 2 is 2.41 bits per heavy atom. The highest BCUT2D eigenvalue weighted by Gasteiger charge is 2.24. The maximum absolute atomic E-state index is 6.17. The molecule has 0 radical (unpaired) electrons. The molecule has 1 aliphatic heterocycles. The molecule has 5 heteroatoms. The Morgan fingerprint density at radius 1 is 1.53 bits per heavy atom. The van der Waals surface area contributed by atoms with Gasteiger partial charge in [0.25, 0.3) is 0 Å². The smallest absolute Gasteiger partial charge is 0.151 e. The average molecular weight is 255 g/mol. The SMILES string of the molecule is CNCCC1CCCCN1c1ncncc1Cl. The molecule has 2 rings (SSSR count). The van der Waals surface area contributed by atoms with Crippen molar-refractivity contribution in [1.29, 1.82) is 0 Å². The number of hydrogen-bond acceptors (Lipinski definition) is 4. The molecule has 0 amide bonds. The molecule has 0 saturated carbocycles. The fraction of sp³-hybridized carbons (Fsp3) is 0.667. The van der Waals surface area contributed by atoms with Crippen LogP contribution in [0.2, 0.25) is 5.02 Å². The van der Waals surface area contributed by atoms with E-state index in [2.05, 4.69) is 20.2 Å². The van der Waals surface area contributed by atoms with Gasteiger partial charge in [-0.3, -0.25) is 0 Å². The van der Waals surface area contributed by atoms with E-state index in [9.17, 15) is 0 Å². The normalized spacial score (nSPS) is 20.6. The minimum Gasteiger partial charge on any atom is -0.352 e. The molecule has 1 fully saturated rings. The topological polar surface area (TPSA) is 41.0 Å². The zero-order valence-electron chi connectivity index (χ0n) is 10.2. The molecular formula is C12H19ClN4. The molecule has 1 aromatic rings. The van der Waals surface area contributed by atoms with E-state index in [-0.39, 0.29) is 0 Å². The third-order valence-electron chi connectivity index (χ3n) is 3.27. The zero-order valence-corrected chi connectivity index (χ0v) is 11.0. The quantitative estimate of drug-likeness (QED) is 0.894. The lowest BCUT2D eigenvalue weighted by Crippen LogP contribution is -2.41. The highest BCUT2D eigenvalue weighted by atomic mass is 35.5. The second kappa shape index (κ2) is 6.17.